The van der Waals surface area contributed by atoms with Crippen LogP contribution in [0.5, 0.6) is 0 Å². The van der Waals surface area contributed by atoms with Gasteiger partial charge in [0.05, 0.1) is 12.2 Å². The van der Waals surface area contributed by atoms with Gasteiger partial charge in [-0.3, -0.25) is 14.5 Å². The first-order valence-corrected chi connectivity index (χ1v) is 8.73. The number of thiazole rings is 1. The number of aromatic nitrogens is 1. The van der Waals surface area contributed by atoms with Gasteiger partial charge in [-0.2, -0.15) is 0 Å². The molecule has 0 saturated heterocycles. The summed E-state index contributed by atoms with van der Waals surface area (Å²) in [6, 6.07) is 7.09. The number of carbonyl (C=O) groups is 2. The van der Waals surface area contributed by atoms with E-state index in [1.807, 2.05) is 0 Å². The normalized spacial score (nSPS) is 14.1. The second-order valence-corrected chi connectivity index (χ2v) is 7.11. The van der Waals surface area contributed by atoms with Gasteiger partial charge < -0.3 is 10.6 Å². The Bertz CT molecular complexity index is 777. The van der Waals surface area contributed by atoms with Gasteiger partial charge in [0.1, 0.15) is 0 Å². The first kappa shape index (κ1) is 16.9. The third-order valence-corrected chi connectivity index (χ3v) is 4.80. The lowest BCUT2D eigenvalue weighted by molar-refractivity contribution is -0.117. The van der Waals surface area contributed by atoms with Crippen LogP contribution in [0.2, 0.25) is 5.02 Å². The Morgan fingerprint density at radius 2 is 2.21 bits per heavy atom. The maximum Gasteiger partial charge on any atom is 0.238 e. The third kappa shape index (κ3) is 4.31. The van der Waals surface area contributed by atoms with Gasteiger partial charge in [-0.05, 0) is 18.2 Å². The van der Waals surface area contributed by atoms with Crippen LogP contribution in [0.25, 0.3) is 0 Å². The number of halogens is 1. The van der Waals surface area contributed by atoms with Crippen LogP contribution in [0.1, 0.15) is 17.5 Å². The summed E-state index contributed by atoms with van der Waals surface area (Å²) < 4.78 is 0. The highest BCUT2D eigenvalue weighted by Gasteiger charge is 2.22. The van der Waals surface area contributed by atoms with Crippen molar-refractivity contribution in [2.24, 2.45) is 0 Å². The van der Waals surface area contributed by atoms with Gasteiger partial charge in [0.2, 0.25) is 11.8 Å². The van der Waals surface area contributed by atoms with Crippen LogP contribution >= 0.6 is 22.9 Å². The van der Waals surface area contributed by atoms with Gasteiger partial charge in [-0.1, -0.05) is 17.7 Å². The molecule has 126 valence electrons. The zero-order valence-corrected chi connectivity index (χ0v) is 14.7. The van der Waals surface area contributed by atoms with E-state index in [9.17, 15) is 9.59 Å². The van der Waals surface area contributed by atoms with E-state index in [2.05, 4.69) is 20.5 Å². The molecule has 0 fully saturated rings. The summed E-state index contributed by atoms with van der Waals surface area (Å²) in [5.74, 6) is -0.203. The minimum atomic E-state index is -0.126. The number of nitrogens with zero attached hydrogens (tertiary/aromatic N) is 2. The number of rotatable bonds is 4. The van der Waals surface area contributed by atoms with Crippen LogP contribution in [0.15, 0.2) is 24.3 Å². The number of amides is 2. The summed E-state index contributed by atoms with van der Waals surface area (Å²) in [6.45, 7) is 3.20. The first-order valence-electron chi connectivity index (χ1n) is 7.53. The monoisotopic (exact) mass is 364 g/mol. The Morgan fingerprint density at radius 1 is 1.38 bits per heavy atom. The lowest BCUT2D eigenvalue weighted by Gasteiger charge is -2.25. The smallest absolute Gasteiger partial charge is 0.238 e. The van der Waals surface area contributed by atoms with Crippen molar-refractivity contribution in [1.29, 1.82) is 0 Å². The van der Waals surface area contributed by atoms with Gasteiger partial charge in [0, 0.05) is 42.0 Å². The van der Waals surface area contributed by atoms with Crippen LogP contribution < -0.4 is 10.6 Å². The van der Waals surface area contributed by atoms with Gasteiger partial charge in [0.25, 0.3) is 0 Å². The number of benzene rings is 1. The van der Waals surface area contributed by atoms with Crippen LogP contribution in [0.3, 0.4) is 0 Å². The molecule has 0 aliphatic carbocycles. The summed E-state index contributed by atoms with van der Waals surface area (Å²) in [7, 11) is 0. The molecule has 2 heterocycles. The molecule has 24 heavy (non-hydrogen) atoms. The largest absolute Gasteiger partial charge is 0.325 e. The summed E-state index contributed by atoms with van der Waals surface area (Å²) >= 11 is 7.38. The van der Waals surface area contributed by atoms with Gasteiger partial charge >= 0.3 is 0 Å². The predicted octanol–water partition coefficient (Wildman–Crippen LogP) is 2.75. The minimum absolute atomic E-state index is 0.0766. The second-order valence-electron chi connectivity index (χ2n) is 5.59. The van der Waals surface area contributed by atoms with E-state index in [0.717, 1.165) is 23.5 Å². The number of hydrogen-bond acceptors (Lipinski definition) is 5. The summed E-state index contributed by atoms with van der Waals surface area (Å²) in [5, 5.41) is 6.78. The standard InChI is InChI=1S/C16H17ClN4O2S/c1-10(22)18-16-20-13-5-6-21(8-14(13)24-16)9-15(23)19-12-4-2-3-11(17)7-12/h2-4,7H,5-6,8-9H2,1H3,(H,19,23)(H,18,20,22). The molecule has 0 spiro atoms. The van der Waals surface area contributed by atoms with Crippen molar-refractivity contribution in [3.8, 4) is 0 Å². The fraction of sp³-hybridized carbons (Fsp3) is 0.312. The van der Waals surface area contributed by atoms with E-state index >= 15 is 0 Å². The molecule has 0 unspecified atom stereocenters. The maximum absolute atomic E-state index is 12.2. The number of nitrogens with one attached hydrogen (secondary N) is 2. The Labute approximate surface area is 148 Å². The molecule has 1 aliphatic rings. The Morgan fingerprint density at radius 3 is 2.96 bits per heavy atom. The maximum atomic E-state index is 12.2. The van der Waals surface area contributed by atoms with E-state index in [4.69, 9.17) is 11.6 Å². The minimum Gasteiger partial charge on any atom is -0.325 e. The molecule has 0 saturated carbocycles. The number of fused-ring (bicyclic) bond motifs is 1. The average Bonchev–Trinajstić information content (AvgIpc) is 2.87. The van der Waals surface area contributed by atoms with E-state index < -0.39 is 0 Å². The fourth-order valence-corrected chi connectivity index (χ4v) is 3.84. The average molecular weight is 365 g/mol. The van der Waals surface area contributed by atoms with E-state index in [1.54, 1.807) is 24.3 Å². The lowest BCUT2D eigenvalue weighted by atomic mass is 10.2. The van der Waals surface area contributed by atoms with E-state index in [1.165, 1.54) is 18.3 Å². The molecular formula is C16H17ClN4O2S. The highest BCUT2D eigenvalue weighted by molar-refractivity contribution is 7.15. The first-order chi connectivity index (χ1) is 11.5. The topological polar surface area (TPSA) is 74.3 Å². The summed E-state index contributed by atoms with van der Waals surface area (Å²) in [6.07, 6.45) is 0.774. The van der Waals surface area contributed by atoms with Crippen LogP contribution in [0.4, 0.5) is 10.8 Å². The quantitative estimate of drug-likeness (QED) is 0.874. The number of hydrogen-bond donors (Lipinski definition) is 2. The molecule has 0 bridgehead atoms. The lowest BCUT2D eigenvalue weighted by Crippen LogP contribution is -2.36. The van der Waals surface area contributed by atoms with Gasteiger partial charge in [-0.15, -0.1) is 11.3 Å². The predicted molar refractivity (Wildman–Crippen MR) is 95.5 cm³/mol. The van der Waals surface area contributed by atoms with Crippen molar-refractivity contribution in [3.05, 3.63) is 39.9 Å². The highest BCUT2D eigenvalue weighted by atomic mass is 35.5. The molecule has 0 atom stereocenters. The molecule has 8 heteroatoms. The molecule has 2 amide bonds. The van der Waals surface area contributed by atoms with Crippen molar-refractivity contribution in [3.63, 3.8) is 0 Å². The van der Waals surface area contributed by atoms with Crippen molar-refractivity contribution in [2.75, 3.05) is 23.7 Å². The molecule has 1 aromatic heterocycles. The van der Waals surface area contributed by atoms with Crippen molar-refractivity contribution in [1.82, 2.24) is 9.88 Å². The van der Waals surface area contributed by atoms with Gasteiger partial charge in [0.15, 0.2) is 5.13 Å². The van der Waals surface area contributed by atoms with Crippen molar-refractivity contribution >= 4 is 45.6 Å². The fourth-order valence-electron chi connectivity index (χ4n) is 2.56. The zero-order chi connectivity index (χ0) is 17.1. The molecule has 1 aliphatic heterocycles. The van der Waals surface area contributed by atoms with Crippen LogP contribution in [0, 0.1) is 0 Å². The molecular weight excluding hydrogens is 348 g/mol. The molecule has 2 aromatic rings. The van der Waals surface area contributed by atoms with Crippen LogP contribution in [-0.2, 0) is 22.6 Å². The van der Waals surface area contributed by atoms with Crippen molar-refractivity contribution < 1.29 is 9.59 Å². The zero-order valence-electron chi connectivity index (χ0n) is 13.1. The van der Waals surface area contributed by atoms with Crippen LogP contribution in [-0.4, -0.2) is 34.8 Å². The number of anilines is 2. The molecule has 3 rings (SSSR count). The van der Waals surface area contributed by atoms with E-state index in [-0.39, 0.29) is 11.8 Å². The SMILES string of the molecule is CC(=O)Nc1nc2c(s1)CN(CC(=O)Nc1cccc(Cl)c1)CC2. The third-order valence-electron chi connectivity index (χ3n) is 3.57. The Balaban J connectivity index is 1.58. The molecule has 6 nitrogen and oxygen atoms in total. The number of carbonyl (C=O) groups excluding carboxylic acids is 2. The Hall–Kier alpha value is -1.96. The second kappa shape index (κ2) is 7.29. The van der Waals surface area contributed by atoms with Gasteiger partial charge in [-0.25, -0.2) is 4.98 Å². The summed E-state index contributed by atoms with van der Waals surface area (Å²) in [5.41, 5.74) is 1.70. The molecule has 2 N–H and O–H groups in total. The summed E-state index contributed by atoms with van der Waals surface area (Å²) in [4.78, 5) is 30.9. The molecule has 1 aromatic carbocycles. The molecule has 0 radical (unpaired) electrons. The Kier molecular flexibility index (Phi) is 5.13. The highest BCUT2D eigenvalue weighted by Crippen LogP contribution is 2.28. The van der Waals surface area contributed by atoms with Crippen molar-refractivity contribution in [2.45, 2.75) is 19.9 Å². The van der Waals surface area contributed by atoms with E-state index in [0.29, 0.717) is 28.9 Å².